The lowest BCUT2D eigenvalue weighted by molar-refractivity contribution is -0.139. The lowest BCUT2D eigenvalue weighted by Crippen LogP contribution is -2.42. The van der Waals surface area contributed by atoms with Gasteiger partial charge >= 0.3 is 12.1 Å². The van der Waals surface area contributed by atoms with Gasteiger partial charge < -0.3 is 20.7 Å². The van der Waals surface area contributed by atoms with Gasteiger partial charge in [-0.05, 0) is 29.8 Å². The SMILES string of the molecule is O=C(Nc1ccccc1C(=O)NC(Cc1ccccc1)C(=O)O)c1cc2cccc(C(F)(F)F)c2[nH]1. The Morgan fingerprint density at radius 3 is 2.28 bits per heavy atom. The lowest BCUT2D eigenvalue weighted by atomic mass is 10.1. The number of fused-ring (bicyclic) bond motifs is 1. The number of aromatic nitrogens is 1. The number of rotatable bonds is 7. The highest BCUT2D eigenvalue weighted by atomic mass is 19.4. The van der Waals surface area contributed by atoms with E-state index in [1.165, 1.54) is 36.4 Å². The Morgan fingerprint density at radius 1 is 0.889 bits per heavy atom. The summed E-state index contributed by atoms with van der Waals surface area (Å²) in [6.45, 7) is 0. The topological polar surface area (TPSA) is 111 Å². The first kappa shape index (κ1) is 24.5. The van der Waals surface area contributed by atoms with E-state index in [-0.39, 0.29) is 34.3 Å². The smallest absolute Gasteiger partial charge is 0.418 e. The number of H-pyrrole nitrogens is 1. The van der Waals surface area contributed by atoms with E-state index in [0.29, 0.717) is 5.56 Å². The molecule has 0 fully saturated rings. The second kappa shape index (κ2) is 9.95. The van der Waals surface area contributed by atoms with Crippen molar-refractivity contribution in [3.8, 4) is 0 Å². The quantitative estimate of drug-likeness (QED) is 0.293. The van der Waals surface area contributed by atoms with Crippen LogP contribution in [0.1, 0.15) is 32.0 Å². The molecule has 0 aliphatic heterocycles. The summed E-state index contributed by atoms with van der Waals surface area (Å²) in [5.74, 6) is -2.73. The predicted molar refractivity (Wildman–Crippen MR) is 127 cm³/mol. The summed E-state index contributed by atoms with van der Waals surface area (Å²) in [4.78, 5) is 40.0. The number of carboxylic acids is 1. The van der Waals surface area contributed by atoms with Gasteiger partial charge in [-0.2, -0.15) is 13.2 Å². The van der Waals surface area contributed by atoms with Gasteiger partial charge in [-0.25, -0.2) is 4.79 Å². The highest BCUT2D eigenvalue weighted by Crippen LogP contribution is 2.34. The molecule has 2 amide bonds. The molecule has 4 aromatic rings. The molecule has 4 N–H and O–H groups in total. The van der Waals surface area contributed by atoms with E-state index < -0.39 is 35.6 Å². The summed E-state index contributed by atoms with van der Waals surface area (Å²) in [6, 6.07) is 18.3. The number of carbonyl (C=O) groups is 3. The fraction of sp³-hybridized carbons (Fsp3) is 0.115. The Bertz CT molecular complexity index is 1430. The maximum Gasteiger partial charge on any atom is 0.418 e. The molecule has 0 saturated carbocycles. The molecular weight excluding hydrogens is 475 g/mol. The van der Waals surface area contributed by atoms with Crippen LogP contribution in [0.15, 0.2) is 78.9 Å². The highest BCUT2D eigenvalue weighted by molar-refractivity contribution is 6.10. The van der Waals surface area contributed by atoms with Crippen LogP contribution in [0.5, 0.6) is 0 Å². The van der Waals surface area contributed by atoms with Crippen LogP contribution in [0.2, 0.25) is 0 Å². The number of aromatic amines is 1. The molecule has 0 radical (unpaired) electrons. The normalized spacial score (nSPS) is 12.2. The third-order valence-electron chi connectivity index (χ3n) is 5.51. The molecule has 0 aliphatic carbocycles. The minimum atomic E-state index is -4.61. The molecule has 10 heteroatoms. The molecule has 4 rings (SSSR count). The molecule has 0 saturated heterocycles. The average Bonchev–Trinajstić information content (AvgIpc) is 3.28. The molecule has 184 valence electrons. The van der Waals surface area contributed by atoms with Crippen molar-refractivity contribution in [1.82, 2.24) is 10.3 Å². The lowest BCUT2D eigenvalue weighted by Gasteiger charge is -2.16. The highest BCUT2D eigenvalue weighted by Gasteiger charge is 2.33. The van der Waals surface area contributed by atoms with Gasteiger partial charge in [-0.15, -0.1) is 0 Å². The van der Waals surface area contributed by atoms with Crippen LogP contribution in [-0.2, 0) is 17.4 Å². The number of nitrogens with one attached hydrogen (secondary N) is 3. The molecule has 0 spiro atoms. The Morgan fingerprint density at radius 2 is 1.58 bits per heavy atom. The van der Waals surface area contributed by atoms with Gasteiger partial charge in [-0.3, -0.25) is 9.59 Å². The van der Waals surface area contributed by atoms with E-state index in [9.17, 15) is 32.7 Å². The predicted octanol–water partition coefficient (Wildman–Crippen LogP) is 4.86. The minimum Gasteiger partial charge on any atom is -0.480 e. The van der Waals surface area contributed by atoms with Crippen LogP contribution >= 0.6 is 0 Å². The van der Waals surface area contributed by atoms with Crippen molar-refractivity contribution in [2.24, 2.45) is 0 Å². The van der Waals surface area contributed by atoms with Gasteiger partial charge in [0.15, 0.2) is 0 Å². The van der Waals surface area contributed by atoms with Crippen molar-refractivity contribution in [1.29, 1.82) is 0 Å². The van der Waals surface area contributed by atoms with E-state index in [0.717, 1.165) is 6.07 Å². The van der Waals surface area contributed by atoms with Crippen LogP contribution in [0.3, 0.4) is 0 Å². The largest absolute Gasteiger partial charge is 0.480 e. The van der Waals surface area contributed by atoms with E-state index in [1.54, 1.807) is 36.4 Å². The summed E-state index contributed by atoms with van der Waals surface area (Å²) in [7, 11) is 0. The van der Waals surface area contributed by atoms with Crippen LogP contribution in [-0.4, -0.2) is 33.9 Å². The van der Waals surface area contributed by atoms with Crippen molar-refractivity contribution in [2.45, 2.75) is 18.6 Å². The van der Waals surface area contributed by atoms with Crippen molar-refractivity contribution < 1.29 is 32.7 Å². The van der Waals surface area contributed by atoms with Crippen molar-refractivity contribution in [3.05, 3.63) is 101 Å². The summed E-state index contributed by atoms with van der Waals surface area (Å²) in [5, 5.41) is 14.8. The zero-order chi connectivity index (χ0) is 25.9. The second-order valence-electron chi connectivity index (χ2n) is 8.00. The molecule has 1 heterocycles. The molecule has 0 aliphatic rings. The molecule has 1 aromatic heterocycles. The Labute approximate surface area is 203 Å². The van der Waals surface area contributed by atoms with Crippen molar-refractivity contribution in [2.75, 3.05) is 5.32 Å². The number of alkyl halides is 3. The van der Waals surface area contributed by atoms with Crippen LogP contribution in [0.4, 0.5) is 18.9 Å². The first-order chi connectivity index (χ1) is 17.1. The molecular formula is C26H20F3N3O4. The zero-order valence-electron chi connectivity index (χ0n) is 18.6. The standard InChI is InChI=1S/C26H20F3N3O4/c27-26(28,29)18-11-6-9-16-14-20(30-22(16)18)24(34)31-19-12-5-4-10-17(19)23(33)32-21(25(35)36)13-15-7-2-1-3-8-15/h1-12,14,21,30H,13H2,(H,31,34)(H,32,33)(H,35,36). The fourth-order valence-electron chi connectivity index (χ4n) is 3.78. The molecule has 1 atom stereocenters. The van der Waals surface area contributed by atoms with Crippen molar-refractivity contribution >= 4 is 34.4 Å². The van der Waals surface area contributed by atoms with Crippen LogP contribution < -0.4 is 10.6 Å². The third kappa shape index (κ3) is 5.38. The number of amides is 2. The van der Waals surface area contributed by atoms with E-state index in [1.807, 2.05) is 0 Å². The number of carbonyl (C=O) groups excluding carboxylic acids is 2. The zero-order valence-corrected chi connectivity index (χ0v) is 18.6. The van der Waals surface area contributed by atoms with Gasteiger partial charge in [0.1, 0.15) is 11.7 Å². The number of hydrogen-bond donors (Lipinski definition) is 4. The van der Waals surface area contributed by atoms with Gasteiger partial charge in [0.2, 0.25) is 0 Å². The summed E-state index contributed by atoms with van der Waals surface area (Å²) in [5.41, 5.74) is -0.493. The van der Waals surface area contributed by atoms with Crippen LogP contribution in [0, 0.1) is 0 Å². The monoisotopic (exact) mass is 495 g/mol. The number of hydrogen-bond acceptors (Lipinski definition) is 3. The van der Waals surface area contributed by atoms with Crippen LogP contribution in [0.25, 0.3) is 10.9 Å². The molecule has 1 unspecified atom stereocenters. The molecule has 36 heavy (non-hydrogen) atoms. The molecule has 0 bridgehead atoms. The maximum absolute atomic E-state index is 13.3. The van der Waals surface area contributed by atoms with E-state index in [4.69, 9.17) is 0 Å². The number of halogens is 3. The number of anilines is 1. The van der Waals surface area contributed by atoms with Crippen molar-refractivity contribution in [3.63, 3.8) is 0 Å². The van der Waals surface area contributed by atoms with Gasteiger partial charge in [0.05, 0.1) is 22.3 Å². The first-order valence-corrected chi connectivity index (χ1v) is 10.8. The Hall–Kier alpha value is -4.60. The maximum atomic E-state index is 13.3. The Balaban J connectivity index is 1.55. The summed E-state index contributed by atoms with van der Waals surface area (Å²) < 4.78 is 39.9. The first-order valence-electron chi connectivity index (χ1n) is 10.8. The minimum absolute atomic E-state index is 0.00254. The Kier molecular flexibility index (Phi) is 6.77. The number of para-hydroxylation sites is 2. The second-order valence-corrected chi connectivity index (χ2v) is 8.00. The fourth-order valence-corrected chi connectivity index (χ4v) is 3.78. The van der Waals surface area contributed by atoms with Gasteiger partial charge in [0.25, 0.3) is 11.8 Å². The number of carboxylic acid groups (broad SMARTS) is 1. The summed E-state index contributed by atoms with van der Waals surface area (Å²) in [6.07, 6.45) is -4.56. The van der Waals surface area contributed by atoms with E-state index >= 15 is 0 Å². The van der Waals surface area contributed by atoms with Gasteiger partial charge in [0, 0.05) is 11.8 Å². The molecule has 3 aromatic carbocycles. The number of benzene rings is 3. The molecule has 7 nitrogen and oxygen atoms in total. The average molecular weight is 495 g/mol. The number of aliphatic carboxylic acids is 1. The van der Waals surface area contributed by atoms with Gasteiger partial charge in [-0.1, -0.05) is 54.6 Å². The van der Waals surface area contributed by atoms with E-state index in [2.05, 4.69) is 15.6 Å². The summed E-state index contributed by atoms with van der Waals surface area (Å²) >= 11 is 0. The third-order valence-corrected chi connectivity index (χ3v) is 5.51.